The van der Waals surface area contributed by atoms with Crippen LogP contribution < -0.4 is 5.32 Å². The fraction of sp³-hybridized carbons (Fsp3) is 0.0588. The Balaban J connectivity index is 1.90. The molecule has 3 aromatic rings. The lowest BCUT2D eigenvalue weighted by molar-refractivity contribution is 0.102. The van der Waals surface area contributed by atoms with Crippen molar-refractivity contribution in [2.75, 3.05) is 5.32 Å². The highest BCUT2D eigenvalue weighted by Crippen LogP contribution is 2.31. The van der Waals surface area contributed by atoms with Crippen molar-refractivity contribution >= 4 is 34.0 Å². The van der Waals surface area contributed by atoms with Gasteiger partial charge in [-0.05, 0) is 25.1 Å². The summed E-state index contributed by atoms with van der Waals surface area (Å²) in [6, 6.07) is 7.12. The average molecular weight is 401 g/mol. The number of nitrogens with one attached hydrogen (secondary N) is 1. The van der Waals surface area contributed by atoms with Crippen molar-refractivity contribution in [3.8, 4) is 11.3 Å². The zero-order chi connectivity index (χ0) is 19.0. The maximum atomic E-state index is 13.7. The van der Waals surface area contributed by atoms with Gasteiger partial charge >= 0.3 is 0 Å². The first kappa shape index (κ1) is 18.3. The van der Waals surface area contributed by atoms with Gasteiger partial charge in [-0.1, -0.05) is 23.7 Å². The molecule has 0 aliphatic heterocycles. The molecule has 0 unspecified atom stereocenters. The zero-order valence-electron chi connectivity index (χ0n) is 13.0. The van der Waals surface area contributed by atoms with E-state index in [2.05, 4.69) is 10.3 Å². The summed E-state index contributed by atoms with van der Waals surface area (Å²) in [5.41, 5.74) is 0.356. The number of hydrogen-bond acceptors (Lipinski definition) is 3. The molecular formula is C17H9ClF4N2OS. The lowest BCUT2D eigenvalue weighted by atomic mass is 10.1. The molecule has 0 aliphatic carbocycles. The fourth-order valence-corrected chi connectivity index (χ4v) is 3.18. The standard InChI is InChI=1S/C17H9ClF4N2OS/c1-7-15(8-2-4-9(18)5-3-8)23-17(26-7)24-16(25)10-6-11(19)13(21)14(22)12(10)20/h2-6H,1H3,(H,23,24,25). The van der Waals surface area contributed by atoms with E-state index in [9.17, 15) is 22.4 Å². The van der Waals surface area contributed by atoms with Crippen LogP contribution >= 0.6 is 22.9 Å². The van der Waals surface area contributed by atoms with Crippen molar-refractivity contribution in [1.29, 1.82) is 0 Å². The highest BCUT2D eigenvalue weighted by atomic mass is 35.5. The van der Waals surface area contributed by atoms with Crippen LogP contribution in [0.15, 0.2) is 30.3 Å². The summed E-state index contributed by atoms with van der Waals surface area (Å²) in [7, 11) is 0. The topological polar surface area (TPSA) is 42.0 Å². The van der Waals surface area contributed by atoms with Gasteiger partial charge in [0, 0.05) is 15.5 Å². The smallest absolute Gasteiger partial charge is 0.260 e. The van der Waals surface area contributed by atoms with E-state index in [1.54, 1.807) is 31.2 Å². The Morgan fingerprint density at radius 1 is 1.08 bits per heavy atom. The molecule has 26 heavy (non-hydrogen) atoms. The number of carbonyl (C=O) groups excluding carboxylic acids is 1. The molecule has 3 nitrogen and oxygen atoms in total. The number of rotatable bonds is 3. The van der Waals surface area contributed by atoms with Gasteiger partial charge in [0.15, 0.2) is 28.4 Å². The van der Waals surface area contributed by atoms with E-state index in [1.165, 1.54) is 0 Å². The van der Waals surface area contributed by atoms with Crippen LogP contribution in [0.4, 0.5) is 22.7 Å². The monoisotopic (exact) mass is 400 g/mol. The predicted octanol–water partition coefficient (Wildman–Crippen LogP) is 5.58. The van der Waals surface area contributed by atoms with Crippen molar-refractivity contribution in [2.45, 2.75) is 6.92 Å². The molecule has 2 aromatic carbocycles. The van der Waals surface area contributed by atoms with Crippen LogP contribution in [0, 0.1) is 30.2 Å². The highest BCUT2D eigenvalue weighted by Gasteiger charge is 2.24. The van der Waals surface area contributed by atoms with Crippen molar-refractivity contribution in [2.24, 2.45) is 0 Å². The van der Waals surface area contributed by atoms with E-state index >= 15 is 0 Å². The third kappa shape index (κ3) is 3.42. The Kier molecular flexibility index (Phi) is 4.97. The largest absolute Gasteiger partial charge is 0.298 e. The Bertz CT molecular complexity index is 1000. The molecule has 0 fully saturated rings. The van der Waals surface area contributed by atoms with Crippen LogP contribution in [0.2, 0.25) is 5.02 Å². The van der Waals surface area contributed by atoms with Crippen LogP contribution in [-0.4, -0.2) is 10.9 Å². The molecule has 0 aliphatic rings. The van der Waals surface area contributed by atoms with Gasteiger partial charge in [-0.2, -0.15) is 0 Å². The number of carbonyl (C=O) groups is 1. The number of aromatic nitrogens is 1. The van der Waals surface area contributed by atoms with E-state index in [-0.39, 0.29) is 5.13 Å². The van der Waals surface area contributed by atoms with Crippen LogP contribution in [0.25, 0.3) is 11.3 Å². The molecule has 1 aromatic heterocycles. The number of halogens is 5. The molecule has 0 saturated heterocycles. The van der Waals surface area contributed by atoms with Gasteiger partial charge in [0.05, 0.1) is 11.3 Å². The Labute approximate surface area is 154 Å². The lowest BCUT2D eigenvalue weighted by Crippen LogP contribution is -2.16. The molecule has 3 rings (SSSR count). The minimum atomic E-state index is -2.05. The van der Waals surface area contributed by atoms with Crippen LogP contribution in [0.5, 0.6) is 0 Å². The van der Waals surface area contributed by atoms with Gasteiger partial charge in [-0.15, -0.1) is 11.3 Å². The van der Waals surface area contributed by atoms with Crippen LogP contribution in [0.1, 0.15) is 15.2 Å². The van der Waals surface area contributed by atoms with Gasteiger partial charge in [-0.3, -0.25) is 10.1 Å². The van der Waals surface area contributed by atoms with Gasteiger partial charge in [0.2, 0.25) is 0 Å². The summed E-state index contributed by atoms with van der Waals surface area (Å²) in [5.74, 6) is -8.60. The molecule has 134 valence electrons. The lowest BCUT2D eigenvalue weighted by Gasteiger charge is -2.05. The van der Waals surface area contributed by atoms with Gasteiger partial charge in [0.25, 0.3) is 5.91 Å². The number of nitrogens with zero attached hydrogens (tertiary/aromatic N) is 1. The third-order valence-electron chi connectivity index (χ3n) is 3.48. The molecule has 0 atom stereocenters. The second-order valence-corrected chi connectivity index (χ2v) is 6.87. The summed E-state index contributed by atoms with van der Waals surface area (Å²) >= 11 is 6.93. The number of thiazole rings is 1. The predicted molar refractivity (Wildman–Crippen MR) is 91.5 cm³/mol. The van der Waals surface area contributed by atoms with Crippen LogP contribution in [0.3, 0.4) is 0 Å². The third-order valence-corrected chi connectivity index (χ3v) is 4.62. The minimum absolute atomic E-state index is 0.0991. The molecule has 0 spiro atoms. The van der Waals surface area contributed by atoms with E-state index in [0.717, 1.165) is 21.8 Å². The molecule has 1 amide bonds. The number of benzene rings is 2. The SMILES string of the molecule is Cc1sc(NC(=O)c2cc(F)c(F)c(F)c2F)nc1-c1ccc(Cl)cc1. The van der Waals surface area contributed by atoms with E-state index in [4.69, 9.17) is 11.6 Å². The first-order valence-corrected chi connectivity index (χ1v) is 8.35. The highest BCUT2D eigenvalue weighted by molar-refractivity contribution is 7.16. The molecule has 9 heteroatoms. The Morgan fingerprint density at radius 3 is 2.38 bits per heavy atom. The quantitative estimate of drug-likeness (QED) is 0.354. The van der Waals surface area contributed by atoms with Crippen LogP contribution in [-0.2, 0) is 0 Å². The van der Waals surface area contributed by atoms with Crippen molar-refractivity contribution in [3.63, 3.8) is 0 Å². The summed E-state index contributed by atoms with van der Waals surface area (Å²) in [5, 5.41) is 2.91. The first-order chi connectivity index (χ1) is 12.3. The molecule has 0 bridgehead atoms. The molecule has 0 radical (unpaired) electrons. The Hall–Kier alpha value is -2.45. The molecule has 0 saturated carbocycles. The second-order valence-electron chi connectivity index (χ2n) is 5.23. The maximum Gasteiger partial charge on any atom is 0.260 e. The summed E-state index contributed by atoms with van der Waals surface area (Å²) in [4.78, 5) is 17.1. The number of anilines is 1. The molecular weight excluding hydrogens is 392 g/mol. The zero-order valence-corrected chi connectivity index (χ0v) is 14.6. The molecule has 1 heterocycles. The fourth-order valence-electron chi connectivity index (χ4n) is 2.23. The Morgan fingerprint density at radius 2 is 1.73 bits per heavy atom. The van der Waals surface area contributed by atoms with E-state index in [1.807, 2.05) is 0 Å². The normalized spacial score (nSPS) is 10.8. The van der Waals surface area contributed by atoms with Crippen molar-refractivity contribution < 1.29 is 22.4 Å². The van der Waals surface area contributed by atoms with Gasteiger partial charge in [-0.25, -0.2) is 22.5 Å². The second kappa shape index (κ2) is 7.05. The number of hydrogen-bond donors (Lipinski definition) is 1. The maximum absolute atomic E-state index is 13.7. The first-order valence-electron chi connectivity index (χ1n) is 7.15. The summed E-state index contributed by atoms with van der Waals surface area (Å²) in [6.07, 6.45) is 0. The van der Waals surface area contributed by atoms with Crippen molar-refractivity contribution in [3.05, 3.63) is 69.1 Å². The average Bonchev–Trinajstić information content (AvgIpc) is 2.97. The summed E-state index contributed by atoms with van der Waals surface area (Å²) in [6.45, 7) is 1.76. The number of aryl methyl sites for hydroxylation is 1. The van der Waals surface area contributed by atoms with E-state index in [0.29, 0.717) is 16.8 Å². The van der Waals surface area contributed by atoms with Gasteiger partial charge < -0.3 is 0 Å². The summed E-state index contributed by atoms with van der Waals surface area (Å²) < 4.78 is 53.2. The minimum Gasteiger partial charge on any atom is -0.298 e. The van der Waals surface area contributed by atoms with Gasteiger partial charge in [0.1, 0.15) is 0 Å². The van der Waals surface area contributed by atoms with Crippen molar-refractivity contribution in [1.82, 2.24) is 4.98 Å². The molecule has 1 N–H and O–H groups in total. The van der Waals surface area contributed by atoms with E-state index < -0.39 is 34.7 Å². The number of amides is 1.